The number of nitrogens with zero attached hydrogens (tertiary/aromatic N) is 1. The molecule has 0 rings (SSSR count). The molecule has 32 heavy (non-hydrogen) atoms. The van der Waals surface area contributed by atoms with E-state index in [0.29, 0.717) is 23.2 Å². The molecule has 2 N–H and O–H groups in total. The first-order valence-electron chi connectivity index (χ1n) is 12.7. The Morgan fingerprint density at radius 3 is 1.78 bits per heavy atom. The minimum absolute atomic E-state index is 0.105. The highest BCUT2D eigenvalue weighted by atomic mass is 16.4. The second-order valence-electron chi connectivity index (χ2n) is 9.70. The molecular weight excluding hydrogens is 404 g/mol. The number of carboxylic acid groups (broad SMARTS) is 1. The lowest BCUT2D eigenvalue weighted by molar-refractivity contribution is -0.883. The molecule has 0 aromatic heterocycles. The average Bonchev–Trinajstić information content (AvgIpc) is 2.69. The van der Waals surface area contributed by atoms with E-state index >= 15 is 0 Å². The zero-order valence-electron chi connectivity index (χ0n) is 21.0. The minimum Gasteiger partial charge on any atom is -0.477 e. The number of rotatable bonds is 22. The van der Waals surface area contributed by atoms with Gasteiger partial charge in [-0.05, 0) is 45.4 Å². The first kappa shape index (κ1) is 30.3. The second kappa shape index (κ2) is 20.0. The molecule has 0 saturated carbocycles. The molecule has 0 aliphatic rings. The van der Waals surface area contributed by atoms with Gasteiger partial charge < -0.3 is 19.7 Å². The Morgan fingerprint density at radius 2 is 1.25 bits per heavy atom. The quantitative estimate of drug-likeness (QED) is 0.133. The first-order valence-corrected chi connectivity index (χ1v) is 12.7. The van der Waals surface area contributed by atoms with Gasteiger partial charge in [-0.15, -0.1) is 0 Å². The third-order valence-corrected chi connectivity index (χ3v) is 5.67. The SMILES string of the molecule is CC(=O)CCCCCCC/C=C/CCCCCCCC(=O)NCCC[N+](C)(C)CC(=O)O. The van der Waals surface area contributed by atoms with Crippen LogP contribution in [0.5, 0.6) is 0 Å². The van der Waals surface area contributed by atoms with E-state index in [4.69, 9.17) is 5.11 Å². The van der Waals surface area contributed by atoms with Gasteiger partial charge in [-0.2, -0.15) is 0 Å². The number of ketones is 1. The van der Waals surface area contributed by atoms with Gasteiger partial charge in [0.2, 0.25) is 5.91 Å². The highest BCUT2D eigenvalue weighted by molar-refractivity contribution is 5.75. The summed E-state index contributed by atoms with van der Waals surface area (Å²) in [6.45, 7) is 3.13. The number of carbonyl (C=O) groups is 3. The van der Waals surface area contributed by atoms with Gasteiger partial charge in [0, 0.05) is 25.8 Å². The number of hydrogen-bond donors (Lipinski definition) is 2. The molecule has 0 spiro atoms. The molecule has 0 aliphatic heterocycles. The van der Waals surface area contributed by atoms with Crippen molar-refractivity contribution >= 4 is 17.7 Å². The molecule has 0 radical (unpaired) electrons. The molecule has 0 unspecified atom stereocenters. The topological polar surface area (TPSA) is 83.5 Å². The van der Waals surface area contributed by atoms with E-state index in [-0.39, 0.29) is 12.5 Å². The van der Waals surface area contributed by atoms with Crippen LogP contribution in [-0.2, 0) is 14.4 Å². The van der Waals surface area contributed by atoms with Crippen molar-refractivity contribution in [1.82, 2.24) is 5.32 Å². The third kappa shape index (κ3) is 23.0. The molecule has 0 aromatic rings. The molecule has 0 fully saturated rings. The Bertz CT molecular complexity index is 544. The Hall–Kier alpha value is -1.69. The van der Waals surface area contributed by atoms with E-state index in [2.05, 4.69) is 17.5 Å². The highest BCUT2D eigenvalue weighted by Crippen LogP contribution is 2.10. The second-order valence-corrected chi connectivity index (χ2v) is 9.70. The lowest BCUT2D eigenvalue weighted by atomic mass is 10.1. The van der Waals surface area contributed by atoms with E-state index in [1.807, 2.05) is 14.1 Å². The van der Waals surface area contributed by atoms with Crippen LogP contribution in [0, 0.1) is 0 Å². The van der Waals surface area contributed by atoms with E-state index < -0.39 is 5.97 Å². The van der Waals surface area contributed by atoms with E-state index in [9.17, 15) is 14.4 Å². The normalized spacial score (nSPS) is 11.7. The first-order chi connectivity index (χ1) is 15.2. The maximum Gasteiger partial charge on any atom is 0.359 e. The van der Waals surface area contributed by atoms with E-state index in [0.717, 1.165) is 51.5 Å². The molecule has 0 bridgehead atoms. The van der Waals surface area contributed by atoms with Crippen LogP contribution in [0.1, 0.15) is 103 Å². The number of nitrogens with one attached hydrogen (secondary N) is 1. The summed E-state index contributed by atoms with van der Waals surface area (Å²) >= 11 is 0. The van der Waals surface area contributed by atoms with Gasteiger partial charge in [0.1, 0.15) is 5.78 Å². The fourth-order valence-electron chi connectivity index (χ4n) is 3.75. The van der Waals surface area contributed by atoms with Gasteiger partial charge >= 0.3 is 5.97 Å². The van der Waals surface area contributed by atoms with Crippen molar-refractivity contribution < 1.29 is 24.0 Å². The summed E-state index contributed by atoms with van der Waals surface area (Å²) in [6, 6.07) is 0. The summed E-state index contributed by atoms with van der Waals surface area (Å²) in [5.41, 5.74) is 0. The van der Waals surface area contributed by atoms with Crippen molar-refractivity contribution in [3.8, 4) is 0 Å². The van der Waals surface area contributed by atoms with Crippen LogP contribution in [0.15, 0.2) is 12.2 Å². The number of quaternary nitrogens is 1. The van der Waals surface area contributed by atoms with Crippen LogP contribution in [0.3, 0.4) is 0 Å². The van der Waals surface area contributed by atoms with E-state index in [1.54, 1.807) is 6.92 Å². The molecule has 0 aromatic carbocycles. The number of unbranched alkanes of at least 4 members (excludes halogenated alkanes) is 10. The summed E-state index contributed by atoms with van der Waals surface area (Å²) in [5.74, 6) is -0.379. The highest BCUT2D eigenvalue weighted by Gasteiger charge is 2.18. The fraction of sp³-hybridized carbons (Fsp3) is 0.808. The Kier molecular flexibility index (Phi) is 18.9. The van der Waals surface area contributed by atoms with Crippen molar-refractivity contribution in [3.63, 3.8) is 0 Å². The monoisotopic (exact) mass is 453 g/mol. The van der Waals surface area contributed by atoms with Crippen molar-refractivity contribution in [2.45, 2.75) is 103 Å². The predicted octanol–water partition coefficient (Wildman–Crippen LogP) is 5.26. The molecule has 0 atom stereocenters. The van der Waals surface area contributed by atoms with E-state index in [1.165, 1.54) is 44.9 Å². The van der Waals surface area contributed by atoms with Crippen LogP contribution >= 0.6 is 0 Å². The number of carbonyl (C=O) groups excluding carboxylic acids is 2. The summed E-state index contributed by atoms with van der Waals surface area (Å²) < 4.78 is 0.434. The fourth-order valence-corrected chi connectivity index (χ4v) is 3.75. The predicted molar refractivity (Wildman–Crippen MR) is 132 cm³/mol. The molecule has 6 nitrogen and oxygen atoms in total. The Morgan fingerprint density at radius 1 is 0.750 bits per heavy atom. The molecule has 6 heteroatoms. The number of likely N-dealkylation sites (N-methyl/N-ethyl adjacent to an activating group) is 1. The Balaban J connectivity index is 3.39. The molecule has 186 valence electrons. The average molecular weight is 454 g/mol. The van der Waals surface area contributed by atoms with Gasteiger partial charge in [0.25, 0.3) is 0 Å². The number of hydrogen-bond acceptors (Lipinski definition) is 3. The lowest BCUT2D eigenvalue weighted by Gasteiger charge is -2.27. The summed E-state index contributed by atoms with van der Waals surface area (Å²) in [4.78, 5) is 33.5. The summed E-state index contributed by atoms with van der Waals surface area (Å²) in [5, 5.41) is 11.8. The number of aliphatic carboxylic acids is 1. The van der Waals surface area contributed by atoms with Gasteiger partial charge in [-0.25, -0.2) is 4.79 Å². The van der Waals surface area contributed by atoms with Crippen molar-refractivity contribution in [1.29, 1.82) is 0 Å². The molecule has 1 amide bonds. The number of Topliss-reactive ketones (excluding diaryl/α,β-unsaturated/α-hetero) is 1. The van der Waals surface area contributed by atoms with Crippen LogP contribution in [0.2, 0.25) is 0 Å². The zero-order valence-corrected chi connectivity index (χ0v) is 21.0. The summed E-state index contributed by atoms with van der Waals surface area (Å²) in [7, 11) is 3.79. The Labute approximate surface area is 196 Å². The van der Waals surface area contributed by atoms with Crippen LogP contribution < -0.4 is 5.32 Å². The molecule has 0 aliphatic carbocycles. The van der Waals surface area contributed by atoms with Gasteiger partial charge in [0.15, 0.2) is 6.54 Å². The molecule has 0 saturated heterocycles. The zero-order chi connectivity index (χ0) is 24.1. The lowest BCUT2D eigenvalue weighted by Crippen LogP contribution is -2.45. The van der Waals surface area contributed by atoms with Crippen LogP contribution in [-0.4, -0.2) is 61.0 Å². The summed E-state index contributed by atoms with van der Waals surface area (Å²) in [6.07, 6.45) is 20.7. The minimum atomic E-state index is -0.792. The van der Waals surface area contributed by atoms with Crippen LogP contribution in [0.4, 0.5) is 0 Å². The number of allylic oxidation sites excluding steroid dienone is 2. The third-order valence-electron chi connectivity index (χ3n) is 5.67. The maximum absolute atomic E-state index is 11.9. The van der Waals surface area contributed by atoms with Crippen molar-refractivity contribution in [2.24, 2.45) is 0 Å². The van der Waals surface area contributed by atoms with Crippen molar-refractivity contribution in [2.75, 3.05) is 33.7 Å². The maximum atomic E-state index is 11.9. The largest absolute Gasteiger partial charge is 0.477 e. The smallest absolute Gasteiger partial charge is 0.359 e. The van der Waals surface area contributed by atoms with Crippen LogP contribution in [0.25, 0.3) is 0 Å². The number of amides is 1. The standard InChI is InChI=1S/C26H48N2O4/c1-24(29)19-16-14-12-10-8-6-4-5-7-9-11-13-15-17-20-25(30)27-21-18-22-28(2,3)23-26(31)32/h4-5H,6-23H2,1-3H3,(H-,27,30,31,32)/p+1/b5-4+. The molecular formula is C26H49N2O4+. The van der Waals surface area contributed by atoms with Gasteiger partial charge in [0.05, 0.1) is 20.6 Å². The van der Waals surface area contributed by atoms with Gasteiger partial charge in [-0.1, -0.05) is 50.7 Å². The van der Waals surface area contributed by atoms with Gasteiger partial charge in [-0.3, -0.25) is 4.79 Å². The number of carboxylic acids is 1. The molecule has 0 heterocycles. The van der Waals surface area contributed by atoms with Crippen molar-refractivity contribution in [3.05, 3.63) is 12.2 Å².